The third-order valence-corrected chi connectivity index (χ3v) is 5.16. The quantitative estimate of drug-likeness (QED) is 0.849. The molecule has 0 fully saturated rings. The van der Waals surface area contributed by atoms with Crippen molar-refractivity contribution < 1.29 is 0 Å². The Bertz CT molecular complexity index is 562. The molecule has 3 rings (SSSR count). The lowest BCUT2D eigenvalue weighted by Gasteiger charge is -2.12. The highest BCUT2D eigenvalue weighted by Crippen LogP contribution is 2.39. The van der Waals surface area contributed by atoms with Gasteiger partial charge >= 0.3 is 0 Å². The van der Waals surface area contributed by atoms with Crippen molar-refractivity contribution in [2.45, 2.75) is 25.3 Å². The largest absolute Gasteiger partial charge is 0.310 e. The van der Waals surface area contributed by atoms with Crippen molar-refractivity contribution in [3.63, 3.8) is 0 Å². The number of rotatable bonds is 4. The van der Waals surface area contributed by atoms with Crippen LogP contribution >= 0.6 is 34.5 Å². The maximum absolute atomic E-state index is 6.07. The summed E-state index contributed by atoms with van der Waals surface area (Å²) in [5, 5.41) is 4.43. The molecule has 1 N–H and O–H groups in total. The third-order valence-electron chi connectivity index (χ3n) is 3.56. The number of thiophene rings is 1. The van der Waals surface area contributed by atoms with E-state index in [1.165, 1.54) is 22.4 Å². The van der Waals surface area contributed by atoms with Crippen LogP contribution in [0.3, 0.4) is 0 Å². The van der Waals surface area contributed by atoms with Gasteiger partial charge in [0.15, 0.2) is 0 Å². The number of aryl methyl sites for hydroxylation is 1. The third kappa shape index (κ3) is 3.14. The van der Waals surface area contributed by atoms with Gasteiger partial charge in [0.05, 0.1) is 4.34 Å². The standard InChI is InChI=1S/C15H15Cl2NS/c16-11-3-1-10(2-4-11)7-8-18-13-5-6-14-12(13)9-15(17)19-14/h1-4,9,13,18H,5-8H2. The molecule has 0 aliphatic heterocycles. The fourth-order valence-electron chi connectivity index (χ4n) is 2.58. The number of hydrogen-bond acceptors (Lipinski definition) is 2. The first-order valence-electron chi connectivity index (χ1n) is 6.48. The fraction of sp³-hybridized carbons (Fsp3) is 0.333. The molecule has 2 aromatic rings. The van der Waals surface area contributed by atoms with Gasteiger partial charge in [0.1, 0.15) is 0 Å². The lowest BCUT2D eigenvalue weighted by atomic mass is 10.1. The summed E-state index contributed by atoms with van der Waals surface area (Å²) < 4.78 is 0.911. The van der Waals surface area contributed by atoms with Gasteiger partial charge in [-0.25, -0.2) is 0 Å². The Morgan fingerprint density at radius 2 is 2.00 bits per heavy atom. The Morgan fingerprint density at radius 1 is 1.21 bits per heavy atom. The summed E-state index contributed by atoms with van der Waals surface area (Å²) in [4.78, 5) is 1.45. The molecule has 1 aromatic heterocycles. The Labute approximate surface area is 127 Å². The topological polar surface area (TPSA) is 12.0 Å². The molecule has 1 unspecified atom stereocenters. The van der Waals surface area contributed by atoms with Gasteiger partial charge in [-0.2, -0.15) is 0 Å². The normalized spacial score (nSPS) is 17.7. The second-order valence-corrected chi connectivity index (χ2v) is 7.06. The molecule has 0 spiro atoms. The molecule has 1 aliphatic carbocycles. The minimum absolute atomic E-state index is 0.478. The summed E-state index contributed by atoms with van der Waals surface area (Å²) in [5.41, 5.74) is 2.73. The molecule has 19 heavy (non-hydrogen) atoms. The Morgan fingerprint density at radius 3 is 2.79 bits per heavy atom. The first-order chi connectivity index (χ1) is 9.22. The van der Waals surface area contributed by atoms with Crippen LogP contribution in [-0.2, 0) is 12.8 Å². The number of benzene rings is 1. The molecule has 0 saturated heterocycles. The number of fused-ring (bicyclic) bond motifs is 1. The first kappa shape index (κ1) is 13.4. The highest BCUT2D eigenvalue weighted by Gasteiger charge is 2.24. The van der Waals surface area contributed by atoms with Crippen molar-refractivity contribution in [1.29, 1.82) is 0 Å². The predicted molar refractivity (Wildman–Crippen MR) is 83.5 cm³/mol. The molecule has 100 valence electrons. The second-order valence-electron chi connectivity index (χ2n) is 4.85. The Balaban J connectivity index is 1.55. The van der Waals surface area contributed by atoms with Gasteiger partial charge in [-0.1, -0.05) is 35.3 Å². The van der Waals surface area contributed by atoms with Gasteiger partial charge in [-0.3, -0.25) is 0 Å². The zero-order chi connectivity index (χ0) is 13.2. The van der Waals surface area contributed by atoms with Gasteiger partial charge in [-0.15, -0.1) is 11.3 Å². The van der Waals surface area contributed by atoms with Crippen LogP contribution in [0.15, 0.2) is 30.3 Å². The van der Waals surface area contributed by atoms with Crippen molar-refractivity contribution in [2.75, 3.05) is 6.54 Å². The molecule has 4 heteroatoms. The fourth-order valence-corrected chi connectivity index (χ4v) is 4.07. The van der Waals surface area contributed by atoms with E-state index in [9.17, 15) is 0 Å². The Hall–Kier alpha value is -0.540. The summed E-state index contributed by atoms with van der Waals surface area (Å²) in [6.07, 6.45) is 3.38. The Kier molecular flexibility index (Phi) is 4.13. The first-order valence-corrected chi connectivity index (χ1v) is 8.05. The molecular weight excluding hydrogens is 297 g/mol. The van der Waals surface area contributed by atoms with Crippen LogP contribution in [0.5, 0.6) is 0 Å². The molecule has 0 amide bonds. The summed E-state index contributed by atoms with van der Waals surface area (Å²) in [7, 11) is 0. The average Bonchev–Trinajstić information content (AvgIpc) is 2.92. The zero-order valence-corrected chi connectivity index (χ0v) is 12.8. The van der Waals surface area contributed by atoms with Crippen molar-refractivity contribution in [3.8, 4) is 0 Å². The zero-order valence-electron chi connectivity index (χ0n) is 10.5. The smallest absolute Gasteiger partial charge is 0.0934 e. The van der Waals surface area contributed by atoms with Gasteiger partial charge in [-0.05, 0) is 55.1 Å². The molecule has 1 aliphatic rings. The number of halogens is 2. The van der Waals surface area contributed by atoms with Crippen LogP contribution in [-0.4, -0.2) is 6.54 Å². The lowest BCUT2D eigenvalue weighted by molar-refractivity contribution is 0.533. The average molecular weight is 312 g/mol. The van der Waals surface area contributed by atoms with E-state index in [4.69, 9.17) is 23.2 Å². The minimum atomic E-state index is 0.478. The summed E-state index contributed by atoms with van der Waals surface area (Å²) in [6, 6.07) is 10.7. The molecule has 1 heterocycles. The van der Waals surface area contributed by atoms with E-state index in [0.29, 0.717) is 6.04 Å². The predicted octanol–water partition coefficient (Wildman–Crippen LogP) is 4.87. The molecule has 0 radical (unpaired) electrons. The SMILES string of the molecule is Clc1ccc(CCNC2CCc3sc(Cl)cc32)cc1. The number of nitrogens with one attached hydrogen (secondary N) is 1. The maximum Gasteiger partial charge on any atom is 0.0934 e. The van der Waals surface area contributed by atoms with Crippen LogP contribution in [0.1, 0.15) is 28.5 Å². The summed E-state index contributed by atoms with van der Waals surface area (Å²) in [5.74, 6) is 0. The van der Waals surface area contributed by atoms with Crippen molar-refractivity contribution in [3.05, 3.63) is 55.7 Å². The van der Waals surface area contributed by atoms with Crippen molar-refractivity contribution in [2.24, 2.45) is 0 Å². The molecule has 1 atom stereocenters. The van der Waals surface area contributed by atoms with E-state index in [1.807, 2.05) is 12.1 Å². The van der Waals surface area contributed by atoms with Crippen molar-refractivity contribution >= 4 is 34.5 Å². The van der Waals surface area contributed by atoms with Crippen LogP contribution in [0, 0.1) is 0 Å². The maximum atomic E-state index is 6.07. The van der Waals surface area contributed by atoms with Gasteiger partial charge in [0.25, 0.3) is 0 Å². The van der Waals surface area contributed by atoms with Crippen LogP contribution in [0.2, 0.25) is 9.36 Å². The lowest BCUT2D eigenvalue weighted by Crippen LogP contribution is -2.21. The van der Waals surface area contributed by atoms with E-state index in [0.717, 1.165) is 28.7 Å². The van der Waals surface area contributed by atoms with Gasteiger partial charge in [0.2, 0.25) is 0 Å². The van der Waals surface area contributed by atoms with Crippen molar-refractivity contribution in [1.82, 2.24) is 5.32 Å². The van der Waals surface area contributed by atoms with Crippen LogP contribution in [0.25, 0.3) is 0 Å². The van der Waals surface area contributed by atoms with Crippen LogP contribution in [0.4, 0.5) is 0 Å². The number of hydrogen-bond donors (Lipinski definition) is 1. The van der Waals surface area contributed by atoms with E-state index in [2.05, 4.69) is 23.5 Å². The second kappa shape index (κ2) is 5.84. The molecule has 0 bridgehead atoms. The van der Waals surface area contributed by atoms with Crippen LogP contribution < -0.4 is 5.32 Å². The monoisotopic (exact) mass is 311 g/mol. The molecule has 1 nitrogen and oxygen atoms in total. The highest BCUT2D eigenvalue weighted by atomic mass is 35.5. The van der Waals surface area contributed by atoms with E-state index in [-0.39, 0.29) is 0 Å². The minimum Gasteiger partial charge on any atom is -0.310 e. The summed E-state index contributed by atoms with van der Waals surface area (Å²) in [6.45, 7) is 0.985. The molecular formula is C15H15Cl2NS. The van der Waals surface area contributed by atoms with Gasteiger partial charge in [0, 0.05) is 15.9 Å². The summed E-state index contributed by atoms with van der Waals surface area (Å²) >= 11 is 13.7. The molecule has 1 aromatic carbocycles. The van der Waals surface area contributed by atoms with E-state index >= 15 is 0 Å². The van der Waals surface area contributed by atoms with E-state index in [1.54, 1.807) is 11.3 Å². The van der Waals surface area contributed by atoms with Gasteiger partial charge < -0.3 is 5.32 Å². The molecule has 0 saturated carbocycles. The van der Waals surface area contributed by atoms with E-state index < -0.39 is 0 Å². The highest BCUT2D eigenvalue weighted by molar-refractivity contribution is 7.16.